The summed E-state index contributed by atoms with van der Waals surface area (Å²) in [5.74, 6) is 0. The van der Waals surface area contributed by atoms with E-state index < -0.39 is 0 Å². The summed E-state index contributed by atoms with van der Waals surface area (Å²) < 4.78 is 0. The van der Waals surface area contributed by atoms with E-state index in [1.807, 2.05) is 0 Å². The predicted molar refractivity (Wildman–Crippen MR) is 68.5 cm³/mol. The van der Waals surface area contributed by atoms with Crippen molar-refractivity contribution >= 4 is 10.9 Å². The van der Waals surface area contributed by atoms with Crippen LogP contribution in [0.3, 0.4) is 0 Å². The molecule has 0 radical (unpaired) electrons. The zero-order valence-electron chi connectivity index (χ0n) is 9.50. The third kappa shape index (κ3) is 2.62. The number of nitrogens with two attached hydrogens (primary N) is 1. The molecule has 1 aromatic carbocycles. The van der Waals surface area contributed by atoms with Crippen molar-refractivity contribution in [2.45, 2.75) is 12.8 Å². The SMILES string of the molecule is NCCCNCCc1c[nH]c2ccccc12. The van der Waals surface area contributed by atoms with Crippen LogP contribution in [0.4, 0.5) is 0 Å². The van der Waals surface area contributed by atoms with Crippen LogP contribution in [0.2, 0.25) is 0 Å². The number of para-hydroxylation sites is 1. The molecule has 3 heteroatoms. The molecule has 0 bridgehead atoms. The van der Waals surface area contributed by atoms with Crippen molar-refractivity contribution < 1.29 is 0 Å². The molecule has 3 nitrogen and oxygen atoms in total. The Kier molecular flexibility index (Phi) is 3.97. The van der Waals surface area contributed by atoms with Crippen molar-refractivity contribution in [3.63, 3.8) is 0 Å². The summed E-state index contributed by atoms with van der Waals surface area (Å²) in [6.45, 7) is 2.79. The van der Waals surface area contributed by atoms with Gasteiger partial charge in [0.1, 0.15) is 0 Å². The lowest BCUT2D eigenvalue weighted by atomic mass is 10.1. The number of nitrogens with one attached hydrogen (secondary N) is 2. The average molecular weight is 217 g/mol. The van der Waals surface area contributed by atoms with E-state index in [0.29, 0.717) is 0 Å². The highest BCUT2D eigenvalue weighted by molar-refractivity contribution is 5.83. The zero-order chi connectivity index (χ0) is 11.2. The Morgan fingerprint density at radius 2 is 2.06 bits per heavy atom. The fourth-order valence-electron chi connectivity index (χ4n) is 1.91. The van der Waals surface area contributed by atoms with Gasteiger partial charge in [-0.3, -0.25) is 0 Å². The third-order valence-electron chi connectivity index (χ3n) is 2.80. The molecule has 0 fully saturated rings. The molecule has 16 heavy (non-hydrogen) atoms. The monoisotopic (exact) mass is 217 g/mol. The van der Waals surface area contributed by atoms with E-state index in [0.717, 1.165) is 32.5 Å². The topological polar surface area (TPSA) is 53.8 Å². The summed E-state index contributed by atoms with van der Waals surface area (Å²) in [6.07, 6.45) is 4.22. The van der Waals surface area contributed by atoms with Gasteiger partial charge in [-0.05, 0) is 44.1 Å². The number of fused-ring (bicyclic) bond motifs is 1. The van der Waals surface area contributed by atoms with E-state index in [-0.39, 0.29) is 0 Å². The van der Waals surface area contributed by atoms with Gasteiger partial charge in [-0.2, -0.15) is 0 Å². The minimum atomic E-state index is 0.764. The first-order chi connectivity index (χ1) is 7.92. The molecule has 86 valence electrons. The maximum absolute atomic E-state index is 5.43. The van der Waals surface area contributed by atoms with Crippen molar-refractivity contribution in [1.82, 2.24) is 10.3 Å². The second-order valence-electron chi connectivity index (χ2n) is 4.00. The van der Waals surface area contributed by atoms with Crippen LogP contribution >= 0.6 is 0 Å². The van der Waals surface area contributed by atoms with Crippen molar-refractivity contribution in [2.24, 2.45) is 5.73 Å². The molecule has 0 aliphatic carbocycles. The van der Waals surface area contributed by atoms with Gasteiger partial charge in [0.2, 0.25) is 0 Å². The summed E-state index contributed by atoms with van der Waals surface area (Å²) in [5.41, 5.74) is 8.04. The predicted octanol–water partition coefficient (Wildman–Crippen LogP) is 1.65. The van der Waals surface area contributed by atoms with Crippen LogP contribution in [0.1, 0.15) is 12.0 Å². The van der Waals surface area contributed by atoms with Gasteiger partial charge in [0.05, 0.1) is 0 Å². The molecule has 2 rings (SSSR count). The molecule has 0 aliphatic heterocycles. The number of hydrogen-bond donors (Lipinski definition) is 3. The van der Waals surface area contributed by atoms with Gasteiger partial charge < -0.3 is 16.0 Å². The van der Waals surface area contributed by atoms with E-state index in [1.165, 1.54) is 16.5 Å². The van der Waals surface area contributed by atoms with Crippen LogP contribution in [0.25, 0.3) is 10.9 Å². The largest absolute Gasteiger partial charge is 0.361 e. The number of hydrogen-bond acceptors (Lipinski definition) is 2. The highest BCUT2D eigenvalue weighted by Gasteiger charge is 2.01. The van der Waals surface area contributed by atoms with Gasteiger partial charge in [0.15, 0.2) is 0 Å². The van der Waals surface area contributed by atoms with Gasteiger partial charge in [0, 0.05) is 17.1 Å². The van der Waals surface area contributed by atoms with Crippen LogP contribution in [0.5, 0.6) is 0 Å². The Morgan fingerprint density at radius 3 is 2.94 bits per heavy atom. The first-order valence-corrected chi connectivity index (χ1v) is 5.87. The summed E-state index contributed by atoms with van der Waals surface area (Å²) in [7, 11) is 0. The molecule has 1 heterocycles. The number of rotatable bonds is 6. The van der Waals surface area contributed by atoms with Crippen molar-refractivity contribution in [1.29, 1.82) is 0 Å². The first-order valence-electron chi connectivity index (χ1n) is 5.87. The number of aromatic nitrogens is 1. The molecule has 0 aliphatic rings. The Bertz CT molecular complexity index is 433. The lowest BCUT2D eigenvalue weighted by Crippen LogP contribution is -2.20. The van der Waals surface area contributed by atoms with E-state index in [4.69, 9.17) is 5.73 Å². The number of H-pyrrole nitrogens is 1. The van der Waals surface area contributed by atoms with Crippen molar-refractivity contribution in [3.8, 4) is 0 Å². The molecule has 0 saturated heterocycles. The fraction of sp³-hybridized carbons (Fsp3) is 0.385. The first kappa shape index (κ1) is 11.2. The number of aromatic amines is 1. The fourth-order valence-corrected chi connectivity index (χ4v) is 1.91. The van der Waals surface area contributed by atoms with Crippen LogP contribution in [0, 0.1) is 0 Å². The van der Waals surface area contributed by atoms with Gasteiger partial charge in [-0.1, -0.05) is 18.2 Å². The normalized spacial score (nSPS) is 11.1. The van der Waals surface area contributed by atoms with Crippen LogP contribution in [-0.4, -0.2) is 24.6 Å². The molecular weight excluding hydrogens is 198 g/mol. The number of benzene rings is 1. The van der Waals surface area contributed by atoms with Crippen LogP contribution in [-0.2, 0) is 6.42 Å². The van der Waals surface area contributed by atoms with Crippen LogP contribution in [0.15, 0.2) is 30.5 Å². The molecule has 4 N–H and O–H groups in total. The maximum Gasteiger partial charge on any atom is 0.0456 e. The highest BCUT2D eigenvalue weighted by Crippen LogP contribution is 2.17. The molecular formula is C13H19N3. The Morgan fingerprint density at radius 1 is 1.19 bits per heavy atom. The second kappa shape index (κ2) is 5.68. The summed E-state index contributed by atoms with van der Waals surface area (Å²) in [5, 5.41) is 4.73. The standard InChI is InChI=1S/C13H19N3/c14-7-3-8-15-9-6-11-10-16-13-5-2-1-4-12(11)13/h1-2,4-5,10,15-16H,3,6-9,14H2. The lowest BCUT2D eigenvalue weighted by Gasteiger charge is -2.02. The lowest BCUT2D eigenvalue weighted by molar-refractivity contribution is 0.654. The molecule has 0 amide bonds. The minimum Gasteiger partial charge on any atom is -0.361 e. The zero-order valence-corrected chi connectivity index (χ0v) is 9.50. The Balaban J connectivity index is 1.89. The summed E-state index contributed by atoms with van der Waals surface area (Å²) in [4.78, 5) is 3.29. The summed E-state index contributed by atoms with van der Waals surface area (Å²) >= 11 is 0. The Hall–Kier alpha value is -1.32. The van der Waals surface area contributed by atoms with Gasteiger partial charge in [0.25, 0.3) is 0 Å². The maximum atomic E-state index is 5.43. The van der Waals surface area contributed by atoms with Crippen molar-refractivity contribution in [3.05, 3.63) is 36.0 Å². The van der Waals surface area contributed by atoms with E-state index in [2.05, 4.69) is 40.8 Å². The van der Waals surface area contributed by atoms with E-state index >= 15 is 0 Å². The van der Waals surface area contributed by atoms with E-state index in [1.54, 1.807) is 0 Å². The molecule has 0 atom stereocenters. The Labute approximate surface area is 96.0 Å². The summed E-state index contributed by atoms with van der Waals surface area (Å²) in [6, 6.07) is 8.42. The minimum absolute atomic E-state index is 0.764. The quantitative estimate of drug-likeness (QED) is 0.644. The molecule has 1 aromatic heterocycles. The molecule has 0 saturated carbocycles. The smallest absolute Gasteiger partial charge is 0.0456 e. The van der Waals surface area contributed by atoms with E-state index in [9.17, 15) is 0 Å². The molecule has 2 aromatic rings. The van der Waals surface area contributed by atoms with Crippen LogP contribution < -0.4 is 11.1 Å². The molecule has 0 spiro atoms. The molecule has 0 unspecified atom stereocenters. The average Bonchev–Trinajstić information content (AvgIpc) is 2.73. The van der Waals surface area contributed by atoms with Gasteiger partial charge in [-0.15, -0.1) is 0 Å². The van der Waals surface area contributed by atoms with Crippen molar-refractivity contribution in [2.75, 3.05) is 19.6 Å². The van der Waals surface area contributed by atoms with Gasteiger partial charge >= 0.3 is 0 Å². The highest BCUT2D eigenvalue weighted by atomic mass is 14.8. The van der Waals surface area contributed by atoms with Gasteiger partial charge in [-0.25, -0.2) is 0 Å². The second-order valence-corrected chi connectivity index (χ2v) is 4.00. The third-order valence-corrected chi connectivity index (χ3v) is 2.80.